The van der Waals surface area contributed by atoms with Crippen LogP contribution in [-0.4, -0.2) is 45.4 Å². The highest BCUT2D eigenvalue weighted by Crippen LogP contribution is 2.37. The van der Waals surface area contributed by atoms with Crippen molar-refractivity contribution < 1.29 is 22.7 Å². The number of carbonyl (C=O) groups is 1. The fraction of sp³-hybridized carbons (Fsp3) is 0.350. The molecule has 1 heterocycles. The number of nitrogens with one attached hydrogen (secondary N) is 1. The molecule has 3 rings (SSSR count). The summed E-state index contributed by atoms with van der Waals surface area (Å²) in [6.07, 6.45) is 0.745. The lowest BCUT2D eigenvalue weighted by Gasteiger charge is -2.18. The number of sulfonamides is 1. The minimum atomic E-state index is -3.80. The van der Waals surface area contributed by atoms with E-state index in [-0.39, 0.29) is 16.5 Å². The first kappa shape index (κ1) is 21.4. The van der Waals surface area contributed by atoms with Crippen LogP contribution in [-0.2, 0) is 14.8 Å². The number of rotatable bonds is 5. The highest BCUT2D eigenvalue weighted by molar-refractivity contribution is 7.89. The van der Waals surface area contributed by atoms with Gasteiger partial charge in [-0.2, -0.15) is 4.31 Å². The molecule has 0 atom stereocenters. The van der Waals surface area contributed by atoms with Crippen molar-refractivity contribution in [2.45, 2.75) is 25.2 Å². The van der Waals surface area contributed by atoms with Gasteiger partial charge in [-0.25, -0.2) is 8.42 Å². The zero-order chi connectivity index (χ0) is 21.2. The van der Waals surface area contributed by atoms with E-state index in [1.54, 1.807) is 24.3 Å². The summed E-state index contributed by atoms with van der Waals surface area (Å²) < 4.78 is 37.7. The van der Waals surface area contributed by atoms with E-state index in [9.17, 15) is 13.2 Å². The van der Waals surface area contributed by atoms with Crippen LogP contribution in [0.1, 0.15) is 17.5 Å². The molecule has 2 aromatic carbocycles. The summed E-state index contributed by atoms with van der Waals surface area (Å²) in [4.78, 5) is 12.6. The van der Waals surface area contributed by atoms with Gasteiger partial charge in [0, 0.05) is 25.6 Å². The van der Waals surface area contributed by atoms with Gasteiger partial charge in [-0.1, -0.05) is 17.7 Å². The molecule has 1 amide bonds. The number of benzene rings is 2. The summed E-state index contributed by atoms with van der Waals surface area (Å²) in [7, 11) is -2.44. The van der Waals surface area contributed by atoms with Gasteiger partial charge in [0.25, 0.3) is 0 Å². The molecule has 29 heavy (non-hydrogen) atoms. The summed E-state index contributed by atoms with van der Waals surface area (Å²) in [6.45, 7) is 4.41. The van der Waals surface area contributed by atoms with Crippen molar-refractivity contribution in [2.24, 2.45) is 0 Å². The van der Waals surface area contributed by atoms with E-state index in [1.165, 1.54) is 13.1 Å². The number of hydrogen-bond acceptors (Lipinski definition) is 5. The van der Waals surface area contributed by atoms with Crippen LogP contribution in [0.15, 0.2) is 35.2 Å². The fourth-order valence-electron chi connectivity index (χ4n) is 2.81. The predicted molar refractivity (Wildman–Crippen MR) is 111 cm³/mol. The van der Waals surface area contributed by atoms with E-state index in [0.717, 1.165) is 21.9 Å². The third kappa shape index (κ3) is 4.83. The number of amides is 1. The average molecular weight is 439 g/mol. The Bertz CT molecular complexity index is 1040. The van der Waals surface area contributed by atoms with Gasteiger partial charge >= 0.3 is 0 Å². The number of carbonyl (C=O) groups excluding carboxylic acids is 1. The molecule has 0 saturated carbocycles. The van der Waals surface area contributed by atoms with Gasteiger partial charge in [0.15, 0.2) is 11.5 Å². The van der Waals surface area contributed by atoms with E-state index in [1.807, 2.05) is 13.8 Å². The number of aryl methyl sites for hydroxylation is 2. The molecule has 2 aromatic rings. The van der Waals surface area contributed by atoms with Crippen LogP contribution in [0.2, 0.25) is 5.02 Å². The van der Waals surface area contributed by atoms with Crippen LogP contribution in [0.4, 0.5) is 5.69 Å². The third-order valence-corrected chi connectivity index (χ3v) is 6.78. The molecule has 0 aliphatic carbocycles. The first-order valence-electron chi connectivity index (χ1n) is 9.11. The van der Waals surface area contributed by atoms with Crippen molar-refractivity contribution in [1.82, 2.24) is 4.31 Å². The number of hydrogen-bond donors (Lipinski definition) is 1. The second-order valence-electron chi connectivity index (χ2n) is 6.88. The van der Waals surface area contributed by atoms with Crippen molar-refractivity contribution in [1.29, 1.82) is 0 Å². The minimum Gasteiger partial charge on any atom is -0.490 e. The average Bonchev–Trinajstić information content (AvgIpc) is 2.89. The number of likely N-dealkylation sites (N-methyl/N-ethyl adjacent to an activating group) is 1. The minimum absolute atomic E-state index is 0.143. The van der Waals surface area contributed by atoms with Crippen LogP contribution in [0, 0.1) is 13.8 Å². The monoisotopic (exact) mass is 438 g/mol. The lowest BCUT2D eigenvalue weighted by molar-refractivity contribution is -0.116. The second kappa shape index (κ2) is 8.61. The van der Waals surface area contributed by atoms with Crippen molar-refractivity contribution in [3.05, 3.63) is 46.5 Å². The lowest BCUT2D eigenvalue weighted by atomic mass is 10.1. The van der Waals surface area contributed by atoms with Gasteiger partial charge in [0.2, 0.25) is 15.9 Å². The molecule has 0 aromatic heterocycles. The number of fused-ring (bicyclic) bond motifs is 1. The van der Waals surface area contributed by atoms with Crippen LogP contribution in [0.3, 0.4) is 0 Å². The molecule has 0 bridgehead atoms. The standard InChI is InChI=1S/C20H23ClN2O5S/c1-13-5-6-15(9-14(13)2)29(25,26)23(3)12-20(24)22-17-11-19-18(10-16(17)21)27-7-4-8-28-19/h5-6,9-11H,4,7-8,12H2,1-3H3,(H,22,24). The molecule has 1 aliphatic heterocycles. The summed E-state index contributed by atoms with van der Waals surface area (Å²) in [6, 6.07) is 8.03. The Hall–Kier alpha value is -2.29. The molecule has 0 saturated heterocycles. The molecule has 1 N–H and O–H groups in total. The van der Waals surface area contributed by atoms with Crippen molar-refractivity contribution >= 4 is 33.2 Å². The first-order valence-corrected chi connectivity index (χ1v) is 10.9. The second-order valence-corrected chi connectivity index (χ2v) is 9.34. The fourth-order valence-corrected chi connectivity index (χ4v) is 4.22. The quantitative estimate of drug-likeness (QED) is 0.773. The Morgan fingerprint density at radius 1 is 1.10 bits per heavy atom. The van der Waals surface area contributed by atoms with Gasteiger partial charge in [0.1, 0.15) is 0 Å². The van der Waals surface area contributed by atoms with Crippen LogP contribution >= 0.6 is 11.6 Å². The van der Waals surface area contributed by atoms with Gasteiger partial charge in [-0.3, -0.25) is 4.79 Å². The van der Waals surface area contributed by atoms with E-state index in [2.05, 4.69) is 5.32 Å². The SMILES string of the molecule is Cc1ccc(S(=O)(=O)N(C)CC(=O)Nc2cc3c(cc2Cl)OCCCO3)cc1C. The van der Waals surface area contributed by atoms with E-state index < -0.39 is 15.9 Å². The molecule has 7 nitrogen and oxygen atoms in total. The Morgan fingerprint density at radius 2 is 1.76 bits per heavy atom. The van der Waals surface area contributed by atoms with Gasteiger partial charge in [0.05, 0.1) is 35.4 Å². The van der Waals surface area contributed by atoms with Crippen LogP contribution in [0.25, 0.3) is 0 Å². The summed E-state index contributed by atoms with van der Waals surface area (Å²) in [5.74, 6) is 0.481. The Balaban J connectivity index is 1.73. The molecule has 9 heteroatoms. The van der Waals surface area contributed by atoms with Gasteiger partial charge < -0.3 is 14.8 Å². The number of anilines is 1. The number of halogens is 1. The Labute approximate surface area is 175 Å². The summed E-state index contributed by atoms with van der Waals surface area (Å²) >= 11 is 6.23. The van der Waals surface area contributed by atoms with E-state index in [4.69, 9.17) is 21.1 Å². The number of ether oxygens (including phenoxy) is 2. The van der Waals surface area contributed by atoms with E-state index >= 15 is 0 Å². The molecule has 0 radical (unpaired) electrons. The van der Waals surface area contributed by atoms with Gasteiger partial charge in [-0.15, -0.1) is 0 Å². The normalized spacial score (nSPS) is 13.8. The first-order chi connectivity index (χ1) is 13.7. The molecule has 1 aliphatic rings. The highest BCUT2D eigenvalue weighted by Gasteiger charge is 2.24. The molecule has 0 spiro atoms. The zero-order valence-electron chi connectivity index (χ0n) is 16.5. The largest absolute Gasteiger partial charge is 0.490 e. The van der Waals surface area contributed by atoms with Gasteiger partial charge in [-0.05, 0) is 37.1 Å². The van der Waals surface area contributed by atoms with Crippen LogP contribution in [0.5, 0.6) is 11.5 Å². The van der Waals surface area contributed by atoms with Crippen molar-refractivity contribution in [3.8, 4) is 11.5 Å². The maximum Gasteiger partial charge on any atom is 0.243 e. The molecule has 0 fully saturated rings. The summed E-state index contributed by atoms with van der Waals surface area (Å²) in [5.41, 5.74) is 2.19. The number of nitrogens with zero attached hydrogens (tertiary/aromatic N) is 1. The van der Waals surface area contributed by atoms with Crippen molar-refractivity contribution in [2.75, 3.05) is 32.1 Å². The maximum absolute atomic E-state index is 12.8. The third-order valence-electron chi connectivity index (χ3n) is 4.66. The smallest absolute Gasteiger partial charge is 0.243 e. The van der Waals surface area contributed by atoms with Crippen LogP contribution < -0.4 is 14.8 Å². The lowest BCUT2D eigenvalue weighted by Crippen LogP contribution is -2.35. The zero-order valence-corrected chi connectivity index (χ0v) is 18.1. The highest BCUT2D eigenvalue weighted by atomic mass is 35.5. The maximum atomic E-state index is 12.8. The molecular weight excluding hydrogens is 416 g/mol. The summed E-state index contributed by atoms with van der Waals surface area (Å²) in [5, 5.41) is 2.92. The molecular formula is C20H23ClN2O5S. The Kier molecular flexibility index (Phi) is 6.36. The van der Waals surface area contributed by atoms with Crippen molar-refractivity contribution in [3.63, 3.8) is 0 Å². The Morgan fingerprint density at radius 3 is 2.41 bits per heavy atom. The predicted octanol–water partition coefficient (Wildman–Crippen LogP) is 3.38. The molecule has 156 valence electrons. The van der Waals surface area contributed by atoms with E-state index in [0.29, 0.717) is 30.4 Å². The topological polar surface area (TPSA) is 84.9 Å². The molecule has 0 unspecified atom stereocenters.